The molecule has 2 aromatic carbocycles. The van der Waals surface area contributed by atoms with Crippen LogP contribution >= 0.6 is 11.8 Å². The SMILES string of the molecule is CCOc1ccc(-n2c(SCCCC#N)nnc2-c2cccc(C)c2)cc1. The van der Waals surface area contributed by atoms with Crippen LogP contribution in [0.2, 0.25) is 0 Å². The molecule has 5 nitrogen and oxygen atoms in total. The van der Waals surface area contributed by atoms with Gasteiger partial charge in [0.2, 0.25) is 0 Å². The van der Waals surface area contributed by atoms with Crippen LogP contribution in [0.1, 0.15) is 25.3 Å². The Kier molecular flexibility index (Phi) is 6.50. The largest absolute Gasteiger partial charge is 0.494 e. The molecule has 27 heavy (non-hydrogen) atoms. The molecule has 3 rings (SSSR count). The van der Waals surface area contributed by atoms with Gasteiger partial charge in [0.25, 0.3) is 0 Å². The average molecular weight is 379 g/mol. The van der Waals surface area contributed by atoms with Gasteiger partial charge < -0.3 is 4.74 Å². The zero-order valence-corrected chi connectivity index (χ0v) is 16.4. The molecule has 6 heteroatoms. The maximum Gasteiger partial charge on any atom is 0.196 e. The monoisotopic (exact) mass is 378 g/mol. The maximum atomic E-state index is 8.74. The fourth-order valence-electron chi connectivity index (χ4n) is 2.74. The van der Waals surface area contributed by atoms with Crippen molar-refractivity contribution >= 4 is 11.8 Å². The number of hydrogen-bond donors (Lipinski definition) is 0. The first-order valence-electron chi connectivity index (χ1n) is 8.98. The minimum Gasteiger partial charge on any atom is -0.494 e. The lowest BCUT2D eigenvalue weighted by Gasteiger charge is -2.11. The van der Waals surface area contributed by atoms with Crippen LogP contribution in [-0.2, 0) is 0 Å². The first kappa shape index (κ1) is 19.0. The number of ether oxygens (including phenoxy) is 1. The van der Waals surface area contributed by atoms with E-state index in [9.17, 15) is 0 Å². The van der Waals surface area contributed by atoms with Crippen LogP contribution in [0.5, 0.6) is 5.75 Å². The molecule has 0 bridgehead atoms. The molecule has 0 aliphatic rings. The van der Waals surface area contributed by atoms with E-state index in [-0.39, 0.29) is 0 Å². The summed E-state index contributed by atoms with van der Waals surface area (Å²) in [6.07, 6.45) is 1.38. The standard InChI is InChI=1S/C21H22N4OS/c1-3-26-19-11-9-18(10-12-19)25-20(17-8-6-7-16(2)15-17)23-24-21(25)27-14-5-4-13-22/h6-12,15H,3-5,14H2,1-2H3. The number of aromatic nitrogens is 3. The first-order valence-corrected chi connectivity index (χ1v) is 9.97. The van der Waals surface area contributed by atoms with Crippen molar-refractivity contribution in [2.75, 3.05) is 12.4 Å². The van der Waals surface area contributed by atoms with Crippen LogP contribution in [0.25, 0.3) is 17.1 Å². The average Bonchev–Trinajstić information content (AvgIpc) is 3.10. The van der Waals surface area contributed by atoms with E-state index in [0.29, 0.717) is 13.0 Å². The van der Waals surface area contributed by atoms with Crippen molar-refractivity contribution in [2.45, 2.75) is 31.8 Å². The second-order valence-corrected chi connectivity index (χ2v) is 7.11. The summed E-state index contributed by atoms with van der Waals surface area (Å²) in [7, 11) is 0. The van der Waals surface area contributed by atoms with Crippen LogP contribution in [-0.4, -0.2) is 27.1 Å². The Morgan fingerprint density at radius 1 is 1.15 bits per heavy atom. The summed E-state index contributed by atoms with van der Waals surface area (Å²) in [6.45, 7) is 4.68. The van der Waals surface area contributed by atoms with Crippen molar-refractivity contribution in [3.05, 3.63) is 54.1 Å². The number of aryl methyl sites for hydroxylation is 1. The summed E-state index contributed by atoms with van der Waals surface area (Å²) < 4.78 is 7.63. The number of thioether (sulfide) groups is 1. The van der Waals surface area contributed by atoms with Crippen LogP contribution in [0.4, 0.5) is 0 Å². The second kappa shape index (κ2) is 9.24. The summed E-state index contributed by atoms with van der Waals surface area (Å²) in [4.78, 5) is 0. The second-order valence-electron chi connectivity index (χ2n) is 6.05. The molecular weight excluding hydrogens is 356 g/mol. The molecule has 1 aromatic heterocycles. The first-order chi connectivity index (χ1) is 13.2. The van der Waals surface area contributed by atoms with Crippen molar-refractivity contribution in [3.63, 3.8) is 0 Å². The van der Waals surface area contributed by atoms with Gasteiger partial charge >= 0.3 is 0 Å². The third-order valence-corrected chi connectivity index (χ3v) is 4.99. The van der Waals surface area contributed by atoms with Crippen molar-refractivity contribution in [3.8, 4) is 28.9 Å². The number of nitriles is 1. The Morgan fingerprint density at radius 3 is 2.67 bits per heavy atom. The molecule has 1 heterocycles. The maximum absolute atomic E-state index is 8.74. The van der Waals surface area contributed by atoms with Crippen molar-refractivity contribution in [1.82, 2.24) is 14.8 Å². The van der Waals surface area contributed by atoms with E-state index in [4.69, 9.17) is 10.00 Å². The van der Waals surface area contributed by atoms with Gasteiger partial charge in [-0.1, -0.05) is 35.5 Å². The molecule has 0 aliphatic carbocycles. The normalized spacial score (nSPS) is 10.6. The van der Waals surface area contributed by atoms with Gasteiger partial charge in [-0.25, -0.2) is 0 Å². The van der Waals surface area contributed by atoms with Gasteiger partial charge in [-0.2, -0.15) is 5.26 Å². The minimum atomic E-state index is 0.551. The molecule has 0 radical (unpaired) electrons. The van der Waals surface area contributed by atoms with Crippen molar-refractivity contribution < 1.29 is 4.74 Å². The number of nitrogens with zero attached hydrogens (tertiary/aromatic N) is 4. The van der Waals surface area contributed by atoms with Gasteiger partial charge in [0.05, 0.1) is 12.7 Å². The van der Waals surface area contributed by atoms with Gasteiger partial charge in [-0.05, 0) is 50.6 Å². The summed E-state index contributed by atoms with van der Waals surface area (Å²) in [5.74, 6) is 2.48. The Labute approximate surface area is 164 Å². The summed E-state index contributed by atoms with van der Waals surface area (Å²) in [5.41, 5.74) is 3.19. The molecule has 0 saturated carbocycles. The third kappa shape index (κ3) is 4.69. The highest BCUT2D eigenvalue weighted by molar-refractivity contribution is 7.99. The lowest BCUT2D eigenvalue weighted by atomic mass is 10.1. The Balaban J connectivity index is 1.99. The molecular formula is C21H22N4OS. The highest BCUT2D eigenvalue weighted by atomic mass is 32.2. The predicted octanol–water partition coefficient (Wildman–Crippen LogP) is 5.04. The van der Waals surface area contributed by atoms with Crippen LogP contribution in [0, 0.1) is 18.3 Å². The van der Waals surface area contributed by atoms with E-state index in [1.807, 2.05) is 43.3 Å². The van der Waals surface area contributed by atoms with E-state index in [1.165, 1.54) is 5.56 Å². The highest BCUT2D eigenvalue weighted by Gasteiger charge is 2.16. The molecule has 3 aromatic rings. The fourth-order valence-corrected chi connectivity index (χ4v) is 3.63. The number of rotatable bonds is 8. The topological polar surface area (TPSA) is 63.7 Å². The quantitative estimate of drug-likeness (QED) is 0.406. The molecule has 0 spiro atoms. The fraction of sp³-hybridized carbons (Fsp3) is 0.286. The lowest BCUT2D eigenvalue weighted by Crippen LogP contribution is -2.00. The van der Waals surface area contributed by atoms with Gasteiger partial charge in [-0.3, -0.25) is 4.57 Å². The molecule has 0 aliphatic heterocycles. The summed E-state index contributed by atoms with van der Waals surface area (Å²) in [6, 6.07) is 18.4. The van der Waals surface area contributed by atoms with Gasteiger partial charge in [-0.15, -0.1) is 10.2 Å². The van der Waals surface area contributed by atoms with E-state index >= 15 is 0 Å². The van der Waals surface area contributed by atoms with Crippen molar-refractivity contribution in [2.24, 2.45) is 0 Å². The Hall–Kier alpha value is -2.78. The molecule has 0 amide bonds. The van der Waals surface area contributed by atoms with Crippen LogP contribution in [0.15, 0.2) is 53.7 Å². The van der Waals surface area contributed by atoms with E-state index in [2.05, 4.69) is 39.9 Å². The Bertz CT molecular complexity index is 928. The number of benzene rings is 2. The van der Waals surface area contributed by atoms with E-state index in [1.54, 1.807) is 11.8 Å². The molecule has 0 saturated heterocycles. The molecule has 0 N–H and O–H groups in total. The molecule has 0 unspecified atom stereocenters. The van der Waals surface area contributed by atoms with Gasteiger partial charge in [0.1, 0.15) is 5.75 Å². The smallest absolute Gasteiger partial charge is 0.196 e. The van der Waals surface area contributed by atoms with E-state index < -0.39 is 0 Å². The molecule has 138 valence electrons. The summed E-state index contributed by atoms with van der Waals surface area (Å²) in [5, 5.41) is 18.4. The van der Waals surface area contributed by atoms with Crippen molar-refractivity contribution in [1.29, 1.82) is 5.26 Å². The third-order valence-electron chi connectivity index (χ3n) is 3.98. The Morgan fingerprint density at radius 2 is 1.96 bits per heavy atom. The zero-order valence-electron chi connectivity index (χ0n) is 15.6. The lowest BCUT2D eigenvalue weighted by molar-refractivity contribution is 0.340. The molecule has 0 atom stereocenters. The highest BCUT2D eigenvalue weighted by Crippen LogP contribution is 2.29. The molecule has 0 fully saturated rings. The number of unbranched alkanes of at least 4 members (excludes halogenated alkanes) is 1. The van der Waals surface area contributed by atoms with Crippen LogP contribution < -0.4 is 4.74 Å². The van der Waals surface area contributed by atoms with Gasteiger partial charge in [0.15, 0.2) is 11.0 Å². The van der Waals surface area contributed by atoms with Gasteiger partial charge in [0, 0.05) is 23.4 Å². The predicted molar refractivity (Wildman–Crippen MR) is 108 cm³/mol. The number of hydrogen-bond acceptors (Lipinski definition) is 5. The van der Waals surface area contributed by atoms with Crippen LogP contribution in [0.3, 0.4) is 0 Å². The zero-order chi connectivity index (χ0) is 19.1. The minimum absolute atomic E-state index is 0.551. The summed E-state index contributed by atoms with van der Waals surface area (Å²) >= 11 is 1.62. The van der Waals surface area contributed by atoms with E-state index in [0.717, 1.165) is 40.2 Å².